The number of benzene rings is 1. The maximum atomic E-state index is 12.3. The van der Waals surface area contributed by atoms with Crippen LogP contribution in [-0.4, -0.2) is 42.6 Å². The maximum absolute atomic E-state index is 12.3. The number of carbonyl (C=O) groups excluding carboxylic acids is 1. The van der Waals surface area contributed by atoms with Crippen LogP contribution in [0.25, 0.3) is 0 Å². The van der Waals surface area contributed by atoms with Gasteiger partial charge in [-0.05, 0) is 51.8 Å². The van der Waals surface area contributed by atoms with Gasteiger partial charge in [-0.1, -0.05) is 6.07 Å². The summed E-state index contributed by atoms with van der Waals surface area (Å²) in [4.78, 5) is 14.2. The third-order valence-corrected chi connectivity index (χ3v) is 4.01. The first-order valence-corrected chi connectivity index (χ1v) is 7.92. The van der Waals surface area contributed by atoms with E-state index < -0.39 is 0 Å². The van der Waals surface area contributed by atoms with E-state index in [2.05, 4.69) is 12.2 Å². The van der Waals surface area contributed by atoms with E-state index in [0.717, 1.165) is 43.7 Å². The fourth-order valence-corrected chi connectivity index (χ4v) is 2.72. The summed E-state index contributed by atoms with van der Waals surface area (Å²) in [5.74, 6) is 0.0920. The van der Waals surface area contributed by atoms with Crippen molar-refractivity contribution in [3.8, 4) is 0 Å². The largest absolute Gasteiger partial charge is 0.382 e. The van der Waals surface area contributed by atoms with Crippen molar-refractivity contribution in [2.24, 2.45) is 0 Å². The minimum Gasteiger partial charge on any atom is -0.382 e. The minimum absolute atomic E-state index is 0.0920. The van der Waals surface area contributed by atoms with Crippen LogP contribution >= 0.6 is 0 Å². The Morgan fingerprint density at radius 1 is 1.33 bits per heavy atom. The highest BCUT2D eigenvalue weighted by molar-refractivity contribution is 5.95. The third-order valence-electron chi connectivity index (χ3n) is 4.01. The van der Waals surface area contributed by atoms with Crippen LogP contribution in [0.5, 0.6) is 0 Å². The van der Waals surface area contributed by atoms with Crippen molar-refractivity contribution in [2.45, 2.75) is 45.8 Å². The number of anilines is 1. The lowest BCUT2D eigenvalue weighted by Gasteiger charge is -2.19. The van der Waals surface area contributed by atoms with Gasteiger partial charge < -0.3 is 15.0 Å². The molecule has 0 aromatic heterocycles. The molecule has 1 amide bonds. The van der Waals surface area contributed by atoms with Gasteiger partial charge in [0, 0.05) is 30.9 Å². The molecule has 4 heteroatoms. The molecule has 0 spiro atoms. The highest BCUT2D eigenvalue weighted by Crippen LogP contribution is 2.20. The molecule has 1 saturated heterocycles. The van der Waals surface area contributed by atoms with Crippen LogP contribution in [0.3, 0.4) is 0 Å². The summed E-state index contributed by atoms with van der Waals surface area (Å²) in [5.41, 5.74) is 1.72. The Morgan fingerprint density at radius 2 is 2.10 bits per heavy atom. The quantitative estimate of drug-likeness (QED) is 0.875. The highest BCUT2D eigenvalue weighted by Gasteiger charge is 2.21. The van der Waals surface area contributed by atoms with Gasteiger partial charge in [0.15, 0.2) is 0 Å². The second kappa shape index (κ2) is 7.46. The summed E-state index contributed by atoms with van der Waals surface area (Å²) in [5, 5.41) is 3.38. The first kappa shape index (κ1) is 15.8. The molecule has 0 aliphatic carbocycles. The summed E-state index contributed by atoms with van der Waals surface area (Å²) in [6, 6.07) is 7.73. The maximum Gasteiger partial charge on any atom is 0.253 e. The van der Waals surface area contributed by atoms with Gasteiger partial charge in [-0.25, -0.2) is 0 Å². The van der Waals surface area contributed by atoms with Crippen LogP contribution in [0, 0.1) is 0 Å². The first-order chi connectivity index (χ1) is 10.1. The molecule has 1 aliphatic heterocycles. The molecule has 116 valence electrons. The molecule has 1 fully saturated rings. The number of amides is 1. The molecule has 2 rings (SSSR count). The Morgan fingerprint density at radius 3 is 2.71 bits per heavy atom. The molecular weight excluding hydrogens is 264 g/mol. The standard InChI is InChI=1S/C17H26N2O2/c1-4-19(5-2)17(20)14-7-6-8-15(11-14)18-12-16-10-9-13(3)21-16/h6-8,11,13,16,18H,4-5,9-10,12H2,1-3H3. The van der Waals surface area contributed by atoms with Gasteiger partial charge in [0.25, 0.3) is 5.91 Å². The van der Waals surface area contributed by atoms with Crippen molar-refractivity contribution in [3.05, 3.63) is 29.8 Å². The summed E-state index contributed by atoms with van der Waals surface area (Å²) >= 11 is 0. The first-order valence-electron chi connectivity index (χ1n) is 7.92. The molecule has 1 aromatic carbocycles. The second-order valence-electron chi connectivity index (χ2n) is 5.59. The van der Waals surface area contributed by atoms with Crippen LogP contribution < -0.4 is 5.32 Å². The predicted molar refractivity (Wildman–Crippen MR) is 85.8 cm³/mol. The molecule has 1 heterocycles. The number of carbonyl (C=O) groups is 1. The van der Waals surface area contributed by atoms with E-state index in [4.69, 9.17) is 4.74 Å². The summed E-state index contributed by atoms with van der Waals surface area (Å²) in [7, 11) is 0. The van der Waals surface area contributed by atoms with Gasteiger partial charge in [0.1, 0.15) is 0 Å². The van der Waals surface area contributed by atoms with Crippen LogP contribution in [0.1, 0.15) is 44.0 Å². The second-order valence-corrected chi connectivity index (χ2v) is 5.59. The normalized spacial score (nSPS) is 21.3. The molecule has 21 heavy (non-hydrogen) atoms. The van der Waals surface area contributed by atoms with Gasteiger partial charge in [0.05, 0.1) is 12.2 Å². The molecule has 0 saturated carbocycles. The number of rotatable bonds is 6. The van der Waals surface area contributed by atoms with E-state index in [9.17, 15) is 4.79 Å². The number of ether oxygens (including phenoxy) is 1. The number of hydrogen-bond donors (Lipinski definition) is 1. The molecule has 1 aromatic rings. The minimum atomic E-state index is 0.0920. The van der Waals surface area contributed by atoms with Gasteiger partial charge in [-0.2, -0.15) is 0 Å². The van der Waals surface area contributed by atoms with E-state index in [1.165, 1.54) is 0 Å². The number of hydrogen-bond acceptors (Lipinski definition) is 3. The van der Waals surface area contributed by atoms with Crippen molar-refractivity contribution < 1.29 is 9.53 Å². The summed E-state index contributed by atoms with van der Waals surface area (Å²) < 4.78 is 5.80. The van der Waals surface area contributed by atoms with Crippen molar-refractivity contribution in [2.75, 3.05) is 25.0 Å². The zero-order valence-electron chi connectivity index (χ0n) is 13.3. The molecule has 2 atom stereocenters. The van der Waals surface area contributed by atoms with Gasteiger partial charge >= 0.3 is 0 Å². The summed E-state index contributed by atoms with van der Waals surface area (Å²) in [6.45, 7) is 8.39. The monoisotopic (exact) mass is 290 g/mol. The fraction of sp³-hybridized carbons (Fsp3) is 0.588. The molecule has 0 bridgehead atoms. The highest BCUT2D eigenvalue weighted by atomic mass is 16.5. The van der Waals surface area contributed by atoms with E-state index in [0.29, 0.717) is 6.10 Å². The fourth-order valence-electron chi connectivity index (χ4n) is 2.72. The Labute approximate surface area is 127 Å². The van der Waals surface area contributed by atoms with Gasteiger partial charge in [-0.3, -0.25) is 4.79 Å². The SMILES string of the molecule is CCN(CC)C(=O)c1cccc(NCC2CCC(C)O2)c1. The molecular formula is C17H26N2O2. The molecule has 2 unspecified atom stereocenters. The van der Waals surface area contributed by atoms with Crippen molar-refractivity contribution in [1.82, 2.24) is 4.90 Å². The van der Waals surface area contributed by atoms with E-state index in [1.54, 1.807) is 0 Å². The molecule has 1 N–H and O–H groups in total. The van der Waals surface area contributed by atoms with E-state index >= 15 is 0 Å². The Kier molecular flexibility index (Phi) is 5.62. The average Bonchev–Trinajstić information content (AvgIpc) is 2.92. The average molecular weight is 290 g/mol. The summed E-state index contributed by atoms with van der Waals surface area (Å²) in [6.07, 6.45) is 2.88. The zero-order valence-corrected chi connectivity index (χ0v) is 13.3. The van der Waals surface area contributed by atoms with E-state index in [-0.39, 0.29) is 12.0 Å². The molecule has 4 nitrogen and oxygen atoms in total. The molecule has 1 aliphatic rings. The number of nitrogens with zero attached hydrogens (tertiary/aromatic N) is 1. The smallest absolute Gasteiger partial charge is 0.253 e. The van der Waals surface area contributed by atoms with Crippen LogP contribution in [0.15, 0.2) is 24.3 Å². The van der Waals surface area contributed by atoms with Crippen molar-refractivity contribution >= 4 is 11.6 Å². The predicted octanol–water partition coefficient (Wildman–Crippen LogP) is 3.15. The van der Waals surface area contributed by atoms with Crippen molar-refractivity contribution in [1.29, 1.82) is 0 Å². The van der Waals surface area contributed by atoms with E-state index in [1.807, 2.05) is 43.0 Å². The van der Waals surface area contributed by atoms with Crippen LogP contribution in [0.4, 0.5) is 5.69 Å². The third kappa shape index (κ3) is 4.21. The Balaban J connectivity index is 1.95. The van der Waals surface area contributed by atoms with Gasteiger partial charge in [-0.15, -0.1) is 0 Å². The Hall–Kier alpha value is -1.55. The van der Waals surface area contributed by atoms with Crippen molar-refractivity contribution in [3.63, 3.8) is 0 Å². The molecule has 0 radical (unpaired) electrons. The topological polar surface area (TPSA) is 41.6 Å². The lowest BCUT2D eigenvalue weighted by atomic mass is 10.1. The zero-order chi connectivity index (χ0) is 15.2. The van der Waals surface area contributed by atoms with Crippen LogP contribution in [0.2, 0.25) is 0 Å². The number of nitrogens with one attached hydrogen (secondary N) is 1. The Bertz CT molecular complexity index is 472. The van der Waals surface area contributed by atoms with Crippen LogP contribution in [-0.2, 0) is 4.74 Å². The lowest BCUT2D eigenvalue weighted by molar-refractivity contribution is 0.0637. The lowest BCUT2D eigenvalue weighted by Crippen LogP contribution is -2.30. The van der Waals surface area contributed by atoms with Gasteiger partial charge in [0.2, 0.25) is 0 Å².